The maximum Gasteiger partial charge on any atom is 0.0709 e. The Bertz CT molecular complexity index is 2850. The topological polar surface area (TPSA) is 8.17 Å². The number of hydrogen-bond donors (Lipinski definition) is 0. The van der Waals surface area contributed by atoms with E-state index in [1.165, 1.54) is 110 Å². The average Bonchev–Trinajstić information content (AvgIpc) is 3.70. The summed E-state index contributed by atoms with van der Waals surface area (Å²) in [6.45, 7) is 4.74. The van der Waals surface area contributed by atoms with E-state index in [-0.39, 0.29) is 10.8 Å². The van der Waals surface area contributed by atoms with Gasteiger partial charge in [-0.3, -0.25) is 0 Å². The normalized spacial score (nSPS) is 22.8. The first kappa shape index (κ1) is 32.2. The van der Waals surface area contributed by atoms with Crippen molar-refractivity contribution in [2.24, 2.45) is 23.7 Å². The van der Waals surface area contributed by atoms with Crippen LogP contribution in [0.2, 0.25) is 0 Å². The summed E-state index contributed by atoms with van der Waals surface area (Å²) in [7, 11) is 0. The number of para-hydroxylation sites is 4. The van der Waals surface area contributed by atoms with Gasteiger partial charge in [0.15, 0.2) is 0 Å². The standard InChI is InChI=1S/C55H46N2/c1-54(2)44-16-6-3-13-40(44)43-32-36(23-25-45(43)54)37-24-26-52(53(33-37)56-48-19-9-4-14-41(48)42-15-5-10-20-49(42)56)57-50-21-11-7-17-46(50)55(47-18-8-12-22-51(47)57)38-28-34-27-35(30-38)31-39(55)29-34/h3-26,32-35,38-39H,27-31H2,1-2H3. The van der Waals surface area contributed by atoms with Crippen LogP contribution in [0, 0.1) is 23.7 Å². The highest BCUT2D eigenvalue weighted by molar-refractivity contribution is 6.10. The van der Waals surface area contributed by atoms with E-state index >= 15 is 0 Å². The Kier molecular flexibility index (Phi) is 6.44. The lowest BCUT2D eigenvalue weighted by Gasteiger charge is -2.64. The summed E-state index contributed by atoms with van der Waals surface area (Å²) in [6.07, 6.45) is 6.96. The first-order valence-corrected chi connectivity index (χ1v) is 21.4. The van der Waals surface area contributed by atoms with Gasteiger partial charge in [-0.2, -0.15) is 0 Å². The van der Waals surface area contributed by atoms with Crippen LogP contribution in [0.4, 0.5) is 17.1 Å². The fourth-order valence-corrected chi connectivity index (χ4v) is 13.5. The van der Waals surface area contributed by atoms with Crippen molar-refractivity contribution in [3.05, 3.63) is 180 Å². The van der Waals surface area contributed by atoms with Gasteiger partial charge in [-0.25, -0.2) is 0 Å². The summed E-state index contributed by atoms with van der Waals surface area (Å²) in [5.74, 6) is 3.21. The average molecular weight is 735 g/mol. The molecule has 8 aromatic rings. The zero-order valence-electron chi connectivity index (χ0n) is 32.8. The molecule has 0 radical (unpaired) electrons. The van der Waals surface area contributed by atoms with Gasteiger partial charge in [0.25, 0.3) is 0 Å². The fourth-order valence-electron chi connectivity index (χ4n) is 13.5. The van der Waals surface area contributed by atoms with Gasteiger partial charge >= 0.3 is 0 Å². The smallest absolute Gasteiger partial charge is 0.0709 e. The minimum absolute atomic E-state index is 0.0217. The SMILES string of the molecule is CC1(C)c2ccccc2-c2cc(-c3ccc(N4c5ccccc5C5(c6ccccc64)C4CC6CC(C4)CC5C6)c(-n4c5ccccc5c5ccccc54)c3)ccc21. The molecule has 0 N–H and O–H groups in total. The van der Waals surface area contributed by atoms with Gasteiger partial charge in [0.05, 0.1) is 33.8 Å². The predicted molar refractivity (Wildman–Crippen MR) is 236 cm³/mol. The molecule has 1 spiro atoms. The van der Waals surface area contributed by atoms with Crippen molar-refractivity contribution in [3.8, 4) is 27.9 Å². The molecule has 2 nitrogen and oxygen atoms in total. The molecule has 0 unspecified atom stereocenters. The largest absolute Gasteiger partial charge is 0.308 e. The van der Waals surface area contributed by atoms with Crippen LogP contribution in [0.15, 0.2) is 158 Å². The van der Waals surface area contributed by atoms with Gasteiger partial charge in [0.1, 0.15) is 0 Å². The van der Waals surface area contributed by atoms with Gasteiger partial charge in [-0.15, -0.1) is 0 Å². The fraction of sp³-hybridized carbons (Fsp3) is 0.236. The Morgan fingerprint density at radius 1 is 0.421 bits per heavy atom. The summed E-state index contributed by atoms with van der Waals surface area (Å²) in [5, 5.41) is 2.57. The summed E-state index contributed by atoms with van der Waals surface area (Å²) >= 11 is 0. The van der Waals surface area contributed by atoms with Crippen molar-refractivity contribution in [1.82, 2.24) is 4.57 Å². The Balaban J connectivity index is 1.08. The first-order valence-electron chi connectivity index (χ1n) is 21.4. The number of benzene rings is 7. The van der Waals surface area contributed by atoms with Crippen LogP contribution in [0.5, 0.6) is 0 Å². The van der Waals surface area contributed by atoms with E-state index in [0.29, 0.717) is 11.8 Å². The second-order valence-electron chi connectivity index (χ2n) is 18.5. The van der Waals surface area contributed by atoms with Crippen molar-refractivity contribution in [1.29, 1.82) is 0 Å². The van der Waals surface area contributed by atoms with Crippen molar-refractivity contribution in [2.45, 2.75) is 56.8 Å². The molecule has 14 rings (SSSR count). The lowest BCUT2D eigenvalue weighted by atomic mass is 9.41. The number of hydrogen-bond acceptors (Lipinski definition) is 1. The molecule has 0 atom stereocenters. The van der Waals surface area contributed by atoms with Gasteiger partial charge in [0.2, 0.25) is 0 Å². The van der Waals surface area contributed by atoms with Crippen molar-refractivity contribution in [2.75, 3.05) is 4.90 Å². The van der Waals surface area contributed by atoms with Crippen molar-refractivity contribution >= 4 is 38.9 Å². The summed E-state index contributed by atoms with van der Waals surface area (Å²) in [6, 6.07) is 60.5. The first-order chi connectivity index (χ1) is 28.0. The molecule has 4 saturated carbocycles. The Morgan fingerprint density at radius 2 is 0.930 bits per heavy atom. The number of anilines is 3. The van der Waals surface area contributed by atoms with E-state index in [2.05, 4.69) is 181 Å². The summed E-state index contributed by atoms with van der Waals surface area (Å²) < 4.78 is 2.55. The molecule has 0 saturated heterocycles. The molecular weight excluding hydrogens is 689 g/mol. The van der Waals surface area contributed by atoms with Crippen LogP contribution in [-0.4, -0.2) is 4.57 Å². The molecule has 2 heteroatoms. The molecule has 1 aromatic heterocycles. The molecule has 2 heterocycles. The zero-order valence-corrected chi connectivity index (χ0v) is 32.8. The van der Waals surface area contributed by atoms with Crippen LogP contribution in [0.3, 0.4) is 0 Å². The van der Waals surface area contributed by atoms with E-state index in [0.717, 1.165) is 11.8 Å². The summed E-state index contributed by atoms with van der Waals surface area (Å²) in [4.78, 5) is 2.64. The van der Waals surface area contributed by atoms with Crippen LogP contribution in [0.25, 0.3) is 49.7 Å². The van der Waals surface area contributed by atoms with E-state index in [1.54, 1.807) is 11.1 Å². The zero-order chi connectivity index (χ0) is 37.6. The number of rotatable bonds is 3. The van der Waals surface area contributed by atoms with Crippen LogP contribution in [0.1, 0.15) is 68.2 Å². The third-order valence-corrected chi connectivity index (χ3v) is 15.6. The molecular formula is C55H46N2. The molecule has 0 amide bonds. The quantitative estimate of drug-likeness (QED) is 0.175. The molecule has 1 aliphatic heterocycles. The van der Waals surface area contributed by atoms with Crippen LogP contribution in [-0.2, 0) is 10.8 Å². The minimum atomic E-state index is -0.0217. The van der Waals surface area contributed by atoms with E-state index in [4.69, 9.17) is 0 Å². The molecule has 5 aliphatic carbocycles. The maximum atomic E-state index is 2.64. The van der Waals surface area contributed by atoms with Crippen LogP contribution >= 0.6 is 0 Å². The Hall–Kier alpha value is -5.86. The van der Waals surface area contributed by atoms with Gasteiger partial charge < -0.3 is 9.47 Å². The van der Waals surface area contributed by atoms with Crippen molar-refractivity contribution < 1.29 is 0 Å². The second-order valence-corrected chi connectivity index (χ2v) is 18.5. The minimum Gasteiger partial charge on any atom is -0.308 e. The van der Waals surface area contributed by atoms with E-state index in [9.17, 15) is 0 Å². The molecule has 6 aliphatic rings. The summed E-state index contributed by atoms with van der Waals surface area (Å²) in [5.41, 5.74) is 18.8. The molecule has 276 valence electrons. The molecule has 4 fully saturated rings. The van der Waals surface area contributed by atoms with Crippen molar-refractivity contribution in [3.63, 3.8) is 0 Å². The highest BCUT2D eigenvalue weighted by atomic mass is 15.2. The van der Waals surface area contributed by atoms with Crippen LogP contribution < -0.4 is 4.90 Å². The highest BCUT2D eigenvalue weighted by Crippen LogP contribution is 2.69. The van der Waals surface area contributed by atoms with Gasteiger partial charge in [-0.1, -0.05) is 129 Å². The highest BCUT2D eigenvalue weighted by Gasteiger charge is 2.61. The number of aromatic nitrogens is 1. The van der Waals surface area contributed by atoms with Gasteiger partial charge in [-0.05, 0) is 143 Å². The van der Waals surface area contributed by atoms with Gasteiger partial charge in [0, 0.05) is 21.6 Å². The van der Waals surface area contributed by atoms with E-state index < -0.39 is 0 Å². The maximum absolute atomic E-state index is 2.64. The predicted octanol–water partition coefficient (Wildman–Crippen LogP) is 14.3. The monoisotopic (exact) mass is 734 g/mol. The lowest BCUT2D eigenvalue weighted by Crippen LogP contribution is -2.57. The molecule has 4 bridgehead atoms. The molecule has 7 aromatic carbocycles. The second kappa shape index (κ2) is 11.4. The third-order valence-electron chi connectivity index (χ3n) is 15.6. The molecule has 57 heavy (non-hydrogen) atoms. The lowest BCUT2D eigenvalue weighted by molar-refractivity contribution is -0.0419. The Labute approximate surface area is 335 Å². The third kappa shape index (κ3) is 4.16. The number of fused-ring (bicyclic) bond motifs is 8. The van der Waals surface area contributed by atoms with E-state index in [1.807, 2.05) is 0 Å². The number of nitrogens with zero attached hydrogens (tertiary/aromatic N) is 2. The Morgan fingerprint density at radius 3 is 1.58 bits per heavy atom.